The Hall–Kier alpha value is -1.92. The summed E-state index contributed by atoms with van der Waals surface area (Å²) in [6.07, 6.45) is 2.56. The topological polar surface area (TPSA) is 47.7 Å². The lowest BCUT2D eigenvalue weighted by Gasteiger charge is -2.09. The summed E-state index contributed by atoms with van der Waals surface area (Å²) in [5.41, 5.74) is 2.91. The summed E-state index contributed by atoms with van der Waals surface area (Å²) < 4.78 is 27.6. The van der Waals surface area contributed by atoms with E-state index in [1.165, 1.54) is 4.68 Å². The first kappa shape index (κ1) is 14.5. The molecule has 2 aromatic heterocycles. The molecule has 0 unspecified atom stereocenters. The van der Waals surface area contributed by atoms with Crippen molar-refractivity contribution in [1.29, 1.82) is 0 Å². The molecule has 0 bridgehead atoms. The number of hydrogen-bond acceptors (Lipinski definition) is 3. The highest BCUT2D eigenvalue weighted by atomic mass is 19.3. The molecule has 2 heterocycles. The maximum atomic E-state index is 12.2. The Kier molecular flexibility index (Phi) is 4.36. The van der Waals surface area contributed by atoms with Crippen LogP contribution < -0.4 is 5.32 Å². The van der Waals surface area contributed by atoms with Crippen molar-refractivity contribution in [1.82, 2.24) is 19.6 Å². The smallest absolute Gasteiger partial charge is 0.257 e. The fraction of sp³-hybridized carbons (Fsp3) is 0.538. The molecule has 7 heteroatoms. The zero-order valence-corrected chi connectivity index (χ0v) is 11.8. The average Bonchev–Trinajstić information content (AvgIpc) is 2.93. The van der Waals surface area contributed by atoms with Gasteiger partial charge in [-0.3, -0.25) is 9.36 Å². The van der Waals surface area contributed by atoms with Crippen LogP contribution in [-0.4, -0.2) is 26.0 Å². The van der Waals surface area contributed by atoms with Crippen molar-refractivity contribution in [3.05, 3.63) is 29.8 Å². The molecule has 0 spiro atoms. The molecule has 0 aliphatic carbocycles. The summed E-state index contributed by atoms with van der Waals surface area (Å²) in [6.45, 7) is 6.38. The molecule has 0 atom stereocenters. The molecule has 2 aromatic rings. The van der Waals surface area contributed by atoms with Gasteiger partial charge in [0.25, 0.3) is 6.43 Å². The van der Waals surface area contributed by atoms with E-state index in [0.29, 0.717) is 12.6 Å². The van der Waals surface area contributed by atoms with E-state index in [1.807, 2.05) is 17.8 Å². The molecule has 1 N–H and O–H groups in total. The van der Waals surface area contributed by atoms with Crippen LogP contribution in [0.3, 0.4) is 0 Å². The van der Waals surface area contributed by atoms with Gasteiger partial charge in [0.2, 0.25) is 0 Å². The van der Waals surface area contributed by atoms with Crippen molar-refractivity contribution in [2.45, 2.75) is 46.3 Å². The Bertz CT molecular complexity index is 559. The second-order valence-electron chi connectivity index (χ2n) is 4.99. The largest absolute Gasteiger partial charge is 0.378 e. The van der Waals surface area contributed by atoms with E-state index in [2.05, 4.69) is 29.4 Å². The van der Waals surface area contributed by atoms with Gasteiger partial charge < -0.3 is 5.32 Å². The second-order valence-corrected chi connectivity index (χ2v) is 4.99. The first-order chi connectivity index (χ1) is 9.47. The van der Waals surface area contributed by atoms with Gasteiger partial charge in [0, 0.05) is 30.0 Å². The van der Waals surface area contributed by atoms with E-state index in [1.54, 1.807) is 12.4 Å². The fourth-order valence-corrected chi connectivity index (χ4v) is 2.05. The Morgan fingerprint density at radius 3 is 2.60 bits per heavy atom. The standard InChI is InChI=1S/C13H19F2N5/c1-9(2)20-10(3)11(5-18-20)4-16-12-6-17-19(7-12)8-13(14)15/h5-7,9,13,16H,4,8H2,1-3H3. The molecule has 20 heavy (non-hydrogen) atoms. The number of hydrogen-bond donors (Lipinski definition) is 1. The number of aromatic nitrogens is 4. The van der Waals surface area contributed by atoms with Gasteiger partial charge in [0.1, 0.15) is 6.54 Å². The highest BCUT2D eigenvalue weighted by Gasteiger charge is 2.09. The van der Waals surface area contributed by atoms with Gasteiger partial charge in [-0.1, -0.05) is 0 Å². The van der Waals surface area contributed by atoms with Gasteiger partial charge in [-0.05, 0) is 20.8 Å². The minimum absolute atomic E-state index is 0.317. The molecule has 0 saturated heterocycles. The predicted molar refractivity (Wildman–Crippen MR) is 72.9 cm³/mol. The minimum atomic E-state index is -2.39. The number of nitrogens with zero attached hydrogens (tertiary/aromatic N) is 4. The third-order valence-electron chi connectivity index (χ3n) is 3.08. The van der Waals surface area contributed by atoms with Crippen LogP contribution in [0.15, 0.2) is 18.6 Å². The molecule has 2 rings (SSSR count). The van der Waals surface area contributed by atoms with E-state index < -0.39 is 6.43 Å². The quantitative estimate of drug-likeness (QED) is 0.886. The average molecular weight is 283 g/mol. The molecular weight excluding hydrogens is 264 g/mol. The number of anilines is 1. The molecule has 0 amide bonds. The lowest BCUT2D eigenvalue weighted by atomic mass is 10.2. The van der Waals surface area contributed by atoms with Gasteiger partial charge in [0.05, 0.1) is 18.1 Å². The molecule has 0 saturated carbocycles. The van der Waals surface area contributed by atoms with Crippen molar-refractivity contribution < 1.29 is 8.78 Å². The van der Waals surface area contributed by atoms with Crippen molar-refractivity contribution in [3.63, 3.8) is 0 Å². The third-order valence-corrected chi connectivity index (χ3v) is 3.08. The van der Waals surface area contributed by atoms with Crippen molar-refractivity contribution in [3.8, 4) is 0 Å². The number of rotatable bonds is 6. The van der Waals surface area contributed by atoms with Gasteiger partial charge in [0.15, 0.2) is 0 Å². The number of alkyl halides is 2. The molecule has 0 aromatic carbocycles. The first-order valence-corrected chi connectivity index (χ1v) is 6.55. The normalized spacial score (nSPS) is 11.6. The maximum absolute atomic E-state index is 12.2. The Labute approximate surface area is 116 Å². The summed E-state index contributed by atoms with van der Waals surface area (Å²) in [4.78, 5) is 0. The third kappa shape index (κ3) is 3.34. The number of nitrogens with one attached hydrogen (secondary N) is 1. The SMILES string of the molecule is Cc1c(CNc2cnn(CC(F)F)c2)cnn1C(C)C. The van der Waals surface area contributed by atoms with Crippen LogP contribution in [0.5, 0.6) is 0 Å². The van der Waals surface area contributed by atoms with E-state index >= 15 is 0 Å². The Balaban J connectivity index is 1.97. The molecule has 5 nitrogen and oxygen atoms in total. The van der Waals surface area contributed by atoms with Gasteiger partial charge >= 0.3 is 0 Å². The first-order valence-electron chi connectivity index (χ1n) is 6.55. The van der Waals surface area contributed by atoms with Crippen molar-refractivity contribution >= 4 is 5.69 Å². The van der Waals surface area contributed by atoms with Crippen LogP contribution in [0.2, 0.25) is 0 Å². The highest BCUT2D eigenvalue weighted by molar-refractivity contribution is 5.39. The van der Waals surface area contributed by atoms with Gasteiger partial charge in [-0.15, -0.1) is 0 Å². The minimum Gasteiger partial charge on any atom is -0.378 e. The maximum Gasteiger partial charge on any atom is 0.257 e. The van der Waals surface area contributed by atoms with Crippen LogP contribution in [0.1, 0.15) is 31.1 Å². The summed E-state index contributed by atoms with van der Waals surface area (Å²) in [7, 11) is 0. The van der Waals surface area contributed by atoms with E-state index in [9.17, 15) is 8.78 Å². The van der Waals surface area contributed by atoms with Crippen LogP contribution in [0.4, 0.5) is 14.5 Å². The monoisotopic (exact) mass is 283 g/mol. The fourth-order valence-electron chi connectivity index (χ4n) is 2.05. The van der Waals surface area contributed by atoms with E-state index in [0.717, 1.165) is 16.9 Å². The number of halogens is 2. The Morgan fingerprint density at radius 1 is 1.25 bits per heavy atom. The summed E-state index contributed by atoms with van der Waals surface area (Å²) in [5, 5.41) is 11.4. The zero-order chi connectivity index (χ0) is 14.7. The summed E-state index contributed by atoms with van der Waals surface area (Å²) in [5.74, 6) is 0. The Morgan fingerprint density at radius 2 is 2.00 bits per heavy atom. The molecular formula is C13H19F2N5. The summed E-state index contributed by atoms with van der Waals surface area (Å²) in [6, 6.07) is 0.317. The van der Waals surface area contributed by atoms with Crippen molar-refractivity contribution in [2.24, 2.45) is 0 Å². The lowest BCUT2D eigenvalue weighted by molar-refractivity contribution is 0.122. The van der Waals surface area contributed by atoms with E-state index in [-0.39, 0.29) is 6.54 Å². The van der Waals surface area contributed by atoms with Crippen LogP contribution in [0.25, 0.3) is 0 Å². The second kappa shape index (κ2) is 6.02. The van der Waals surface area contributed by atoms with Gasteiger partial charge in [-0.25, -0.2) is 8.78 Å². The molecule has 0 radical (unpaired) electrons. The lowest BCUT2D eigenvalue weighted by Crippen LogP contribution is -2.07. The van der Waals surface area contributed by atoms with Crippen molar-refractivity contribution in [2.75, 3.05) is 5.32 Å². The van der Waals surface area contributed by atoms with Crippen LogP contribution in [-0.2, 0) is 13.1 Å². The highest BCUT2D eigenvalue weighted by Crippen LogP contribution is 2.15. The molecule has 110 valence electrons. The molecule has 0 aliphatic heterocycles. The van der Waals surface area contributed by atoms with E-state index in [4.69, 9.17) is 0 Å². The van der Waals surface area contributed by atoms with Crippen LogP contribution >= 0.6 is 0 Å². The molecule has 0 fully saturated rings. The summed E-state index contributed by atoms with van der Waals surface area (Å²) >= 11 is 0. The van der Waals surface area contributed by atoms with Crippen LogP contribution in [0, 0.1) is 6.92 Å². The zero-order valence-electron chi connectivity index (χ0n) is 11.8. The van der Waals surface area contributed by atoms with Gasteiger partial charge in [-0.2, -0.15) is 10.2 Å². The predicted octanol–water partition coefficient (Wildman–Crippen LogP) is 2.85. The molecule has 0 aliphatic rings.